The van der Waals surface area contributed by atoms with Crippen molar-refractivity contribution in [1.82, 2.24) is 0 Å². The maximum absolute atomic E-state index is 11.5. The summed E-state index contributed by atoms with van der Waals surface area (Å²) < 4.78 is 0. The Hall–Kier alpha value is -2.24. The van der Waals surface area contributed by atoms with Crippen LogP contribution < -0.4 is 10.6 Å². The van der Waals surface area contributed by atoms with E-state index in [0.29, 0.717) is 17.4 Å². The number of anilines is 2. The van der Waals surface area contributed by atoms with Crippen LogP contribution in [0.1, 0.15) is 51.0 Å². The predicted molar refractivity (Wildman–Crippen MR) is 86.6 cm³/mol. The lowest BCUT2D eigenvalue weighted by molar-refractivity contribution is -0.115. The normalized spacial score (nSPS) is 25.4. The first-order valence-corrected chi connectivity index (χ1v) is 8.00. The van der Waals surface area contributed by atoms with Gasteiger partial charge in [-0.3, -0.25) is 9.59 Å². The predicted octanol–water partition coefficient (Wildman–Crippen LogP) is 2.92. The number of aromatic hydroxyl groups is 2. The minimum atomic E-state index is -0.360. The minimum absolute atomic E-state index is 0.00727. The van der Waals surface area contributed by atoms with Crippen molar-refractivity contribution < 1.29 is 19.8 Å². The highest BCUT2D eigenvalue weighted by molar-refractivity contribution is 5.98. The number of hydrogen-bond acceptors (Lipinski definition) is 4. The SMILES string of the molecule is CC(=O)Nc1cc(O)c(C2CC3CCC2C3)c(NC(C)=O)c1O. The first-order chi connectivity index (χ1) is 10.9. The average molecular weight is 318 g/mol. The summed E-state index contributed by atoms with van der Waals surface area (Å²) in [7, 11) is 0. The average Bonchev–Trinajstić information content (AvgIpc) is 3.05. The van der Waals surface area contributed by atoms with Gasteiger partial charge in [0.05, 0.1) is 11.4 Å². The van der Waals surface area contributed by atoms with Crippen molar-refractivity contribution >= 4 is 23.2 Å². The number of nitrogens with one attached hydrogen (secondary N) is 2. The van der Waals surface area contributed by atoms with E-state index in [1.165, 1.54) is 26.3 Å². The molecule has 23 heavy (non-hydrogen) atoms. The van der Waals surface area contributed by atoms with Crippen LogP contribution in [0.15, 0.2) is 6.07 Å². The van der Waals surface area contributed by atoms with Crippen LogP contribution in [0.2, 0.25) is 0 Å². The van der Waals surface area contributed by atoms with E-state index in [-0.39, 0.29) is 40.6 Å². The maximum atomic E-state index is 11.5. The summed E-state index contributed by atoms with van der Waals surface area (Å²) in [5.74, 6) is 0.382. The molecule has 6 heteroatoms. The second-order valence-corrected chi connectivity index (χ2v) is 6.72. The molecule has 0 spiro atoms. The van der Waals surface area contributed by atoms with Crippen molar-refractivity contribution in [2.45, 2.75) is 45.4 Å². The fraction of sp³-hybridized carbons (Fsp3) is 0.529. The highest BCUT2D eigenvalue weighted by Gasteiger charge is 2.42. The van der Waals surface area contributed by atoms with Crippen molar-refractivity contribution in [2.75, 3.05) is 10.6 Å². The van der Waals surface area contributed by atoms with Crippen LogP contribution in [-0.4, -0.2) is 22.0 Å². The molecule has 3 rings (SSSR count). The van der Waals surface area contributed by atoms with Crippen molar-refractivity contribution in [3.8, 4) is 11.5 Å². The van der Waals surface area contributed by atoms with E-state index in [9.17, 15) is 19.8 Å². The molecule has 2 amide bonds. The molecule has 2 fully saturated rings. The number of carbonyl (C=O) groups is 2. The number of phenols is 2. The molecule has 0 heterocycles. The molecule has 0 aromatic heterocycles. The van der Waals surface area contributed by atoms with E-state index in [1.807, 2.05) is 0 Å². The fourth-order valence-corrected chi connectivity index (χ4v) is 4.23. The Balaban J connectivity index is 2.08. The lowest BCUT2D eigenvalue weighted by Gasteiger charge is -2.26. The molecule has 6 nitrogen and oxygen atoms in total. The molecule has 2 bridgehead atoms. The maximum Gasteiger partial charge on any atom is 0.221 e. The Kier molecular flexibility index (Phi) is 3.92. The Bertz CT molecular complexity index is 671. The molecule has 2 aliphatic carbocycles. The van der Waals surface area contributed by atoms with Gasteiger partial charge in [0.1, 0.15) is 5.75 Å². The second-order valence-electron chi connectivity index (χ2n) is 6.72. The Morgan fingerprint density at radius 1 is 1.09 bits per heavy atom. The summed E-state index contributed by atoms with van der Waals surface area (Å²) in [4.78, 5) is 22.8. The molecular weight excluding hydrogens is 296 g/mol. The van der Waals surface area contributed by atoms with Crippen LogP contribution in [-0.2, 0) is 9.59 Å². The summed E-state index contributed by atoms with van der Waals surface area (Å²) in [6.07, 6.45) is 4.43. The molecule has 0 radical (unpaired) electrons. The Labute approximate surface area is 134 Å². The van der Waals surface area contributed by atoms with Gasteiger partial charge in [0.2, 0.25) is 11.8 Å². The third-order valence-corrected chi connectivity index (χ3v) is 5.04. The van der Waals surface area contributed by atoms with E-state index >= 15 is 0 Å². The number of amides is 2. The van der Waals surface area contributed by atoms with Crippen LogP contribution >= 0.6 is 0 Å². The van der Waals surface area contributed by atoms with Gasteiger partial charge >= 0.3 is 0 Å². The highest BCUT2D eigenvalue weighted by Crippen LogP contribution is 2.57. The van der Waals surface area contributed by atoms with E-state index in [2.05, 4.69) is 10.6 Å². The first-order valence-electron chi connectivity index (χ1n) is 8.00. The minimum Gasteiger partial charge on any atom is -0.507 e. The Morgan fingerprint density at radius 2 is 1.78 bits per heavy atom. The third-order valence-electron chi connectivity index (χ3n) is 5.04. The van der Waals surface area contributed by atoms with E-state index < -0.39 is 0 Å². The smallest absolute Gasteiger partial charge is 0.221 e. The standard InChI is InChI=1S/C17H22N2O4/c1-8(20)18-13-7-14(22)15(16(17(13)23)19-9(2)21)12-6-10-3-4-11(12)5-10/h7,10-12,22-23H,3-6H2,1-2H3,(H,18,20)(H,19,21). The number of carbonyl (C=O) groups excluding carboxylic acids is 2. The molecule has 3 unspecified atom stereocenters. The quantitative estimate of drug-likeness (QED) is 0.508. The molecular formula is C17H22N2O4. The summed E-state index contributed by atoms with van der Waals surface area (Å²) in [5.41, 5.74) is 0.920. The molecule has 0 aliphatic heterocycles. The van der Waals surface area contributed by atoms with Crippen molar-refractivity contribution in [1.29, 1.82) is 0 Å². The van der Waals surface area contributed by atoms with Gasteiger partial charge in [-0.05, 0) is 37.0 Å². The van der Waals surface area contributed by atoms with E-state index in [4.69, 9.17) is 0 Å². The molecule has 4 N–H and O–H groups in total. The lowest BCUT2D eigenvalue weighted by Crippen LogP contribution is -2.16. The van der Waals surface area contributed by atoms with Gasteiger partial charge in [0.15, 0.2) is 5.75 Å². The topological polar surface area (TPSA) is 98.7 Å². The van der Waals surface area contributed by atoms with Crippen molar-refractivity contribution in [2.24, 2.45) is 11.8 Å². The molecule has 0 saturated heterocycles. The highest BCUT2D eigenvalue weighted by atomic mass is 16.3. The van der Waals surface area contributed by atoms with Gasteiger partial charge in [-0.15, -0.1) is 0 Å². The largest absolute Gasteiger partial charge is 0.507 e. The zero-order valence-corrected chi connectivity index (χ0v) is 13.3. The van der Waals surface area contributed by atoms with Crippen LogP contribution in [0.25, 0.3) is 0 Å². The van der Waals surface area contributed by atoms with E-state index in [0.717, 1.165) is 19.3 Å². The fourth-order valence-electron chi connectivity index (χ4n) is 4.23. The van der Waals surface area contributed by atoms with Crippen molar-refractivity contribution in [3.05, 3.63) is 11.6 Å². The van der Waals surface area contributed by atoms with Crippen LogP contribution in [0.4, 0.5) is 11.4 Å². The molecule has 3 atom stereocenters. The second kappa shape index (κ2) is 5.76. The third kappa shape index (κ3) is 2.85. The first kappa shape index (κ1) is 15.6. The van der Waals surface area contributed by atoms with Crippen LogP contribution in [0, 0.1) is 11.8 Å². The van der Waals surface area contributed by atoms with Gasteiger partial charge in [0, 0.05) is 25.5 Å². The Morgan fingerprint density at radius 3 is 2.30 bits per heavy atom. The molecule has 124 valence electrons. The summed E-state index contributed by atoms with van der Waals surface area (Å²) in [5, 5.41) is 26.1. The zero-order chi connectivity index (χ0) is 16.7. The number of rotatable bonds is 3. The van der Waals surface area contributed by atoms with Gasteiger partial charge in [0.25, 0.3) is 0 Å². The van der Waals surface area contributed by atoms with Gasteiger partial charge in [-0.1, -0.05) is 6.42 Å². The van der Waals surface area contributed by atoms with Crippen molar-refractivity contribution in [3.63, 3.8) is 0 Å². The number of fused-ring (bicyclic) bond motifs is 2. The molecule has 2 aliphatic rings. The van der Waals surface area contributed by atoms with Crippen LogP contribution in [0.3, 0.4) is 0 Å². The van der Waals surface area contributed by atoms with Gasteiger partial charge < -0.3 is 20.8 Å². The number of hydrogen-bond donors (Lipinski definition) is 4. The monoisotopic (exact) mass is 318 g/mol. The molecule has 1 aromatic carbocycles. The summed E-state index contributed by atoms with van der Waals surface area (Å²) in [6, 6.07) is 1.36. The lowest BCUT2D eigenvalue weighted by atomic mass is 9.82. The number of phenolic OH excluding ortho intramolecular Hbond substituents is 2. The zero-order valence-electron chi connectivity index (χ0n) is 13.3. The van der Waals surface area contributed by atoms with Gasteiger partial charge in [-0.2, -0.15) is 0 Å². The summed E-state index contributed by atoms with van der Waals surface area (Å²) >= 11 is 0. The molecule has 2 saturated carbocycles. The number of benzene rings is 1. The van der Waals surface area contributed by atoms with Crippen LogP contribution in [0.5, 0.6) is 11.5 Å². The summed E-state index contributed by atoms with van der Waals surface area (Å²) in [6.45, 7) is 2.67. The molecule has 1 aromatic rings. The van der Waals surface area contributed by atoms with E-state index in [1.54, 1.807) is 0 Å². The van der Waals surface area contributed by atoms with Gasteiger partial charge in [-0.25, -0.2) is 0 Å².